The van der Waals surface area contributed by atoms with Crippen LogP contribution in [-0.4, -0.2) is 7.05 Å². The fraction of sp³-hybridized carbons (Fsp3) is 0.333. The molecule has 0 fully saturated rings. The van der Waals surface area contributed by atoms with Crippen LogP contribution in [0.25, 0.3) is 0 Å². The van der Waals surface area contributed by atoms with Gasteiger partial charge in [0.05, 0.1) is 0 Å². The van der Waals surface area contributed by atoms with Crippen molar-refractivity contribution in [3.05, 3.63) is 46.2 Å². The number of halogens is 2. The molecule has 0 saturated carbocycles. The molecule has 0 amide bonds. The van der Waals surface area contributed by atoms with E-state index in [1.54, 1.807) is 12.1 Å². The van der Waals surface area contributed by atoms with Crippen LogP contribution < -0.4 is 5.32 Å². The highest BCUT2D eigenvalue weighted by Crippen LogP contribution is 2.27. The van der Waals surface area contributed by atoms with Gasteiger partial charge < -0.3 is 5.32 Å². The Bertz CT molecular complexity index is 363. The molecule has 0 aliphatic rings. The minimum absolute atomic E-state index is 0.104. The molecule has 1 N–H and O–H groups in total. The summed E-state index contributed by atoms with van der Waals surface area (Å²) in [5.41, 5.74) is 2.01. The van der Waals surface area contributed by atoms with Crippen molar-refractivity contribution in [1.29, 1.82) is 0 Å². The summed E-state index contributed by atoms with van der Waals surface area (Å²) < 4.78 is 14.0. The molecule has 0 heterocycles. The highest BCUT2D eigenvalue weighted by Gasteiger charge is 2.13. The Morgan fingerprint density at radius 2 is 2.27 bits per heavy atom. The van der Waals surface area contributed by atoms with Gasteiger partial charge in [0.25, 0.3) is 0 Å². The molecule has 0 aliphatic carbocycles. The second-order valence-electron chi connectivity index (χ2n) is 3.67. The van der Waals surface area contributed by atoms with Gasteiger partial charge in [0.15, 0.2) is 0 Å². The number of benzene rings is 1. The third-order valence-corrected chi connectivity index (χ3v) is 2.96. The van der Waals surface area contributed by atoms with Crippen molar-refractivity contribution < 1.29 is 4.39 Å². The molecule has 0 radical (unpaired) electrons. The molecule has 0 aliphatic heterocycles. The molecule has 1 atom stereocenters. The van der Waals surface area contributed by atoms with Crippen LogP contribution in [0.4, 0.5) is 4.39 Å². The second kappa shape index (κ2) is 5.42. The quantitative estimate of drug-likeness (QED) is 0.822. The number of nitrogens with one attached hydrogen (secondary N) is 1. The zero-order valence-electron chi connectivity index (χ0n) is 8.98. The Morgan fingerprint density at radius 3 is 2.80 bits per heavy atom. The van der Waals surface area contributed by atoms with Crippen molar-refractivity contribution in [2.75, 3.05) is 7.05 Å². The Morgan fingerprint density at radius 1 is 1.60 bits per heavy atom. The van der Waals surface area contributed by atoms with Crippen molar-refractivity contribution in [2.24, 2.45) is 0 Å². The van der Waals surface area contributed by atoms with Crippen LogP contribution in [0.1, 0.15) is 24.9 Å². The minimum Gasteiger partial charge on any atom is -0.313 e. The smallest absolute Gasteiger partial charge is 0.123 e. The van der Waals surface area contributed by atoms with E-state index in [-0.39, 0.29) is 11.9 Å². The summed E-state index contributed by atoms with van der Waals surface area (Å²) >= 11 is 3.43. The van der Waals surface area contributed by atoms with E-state index in [0.29, 0.717) is 0 Å². The van der Waals surface area contributed by atoms with E-state index in [1.807, 2.05) is 14.0 Å². The van der Waals surface area contributed by atoms with Crippen molar-refractivity contribution >= 4 is 15.9 Å². The number of rotatable bonds is 4. The molecule has 1 nitrogen and oxygen atoms in total. The summed E-state index contributed by atoms with van der Waals surface area (Å²) in [6.45, 7) is 5.84. The van der Waals surface area contributed by atoms with Crippen LogP contribution in [0.15, 0.2) is 34.8 Å². The molecule has 1 unspecified atom stereocenters. The first-order chi connectivity index (χ1) is 7.04. The fourth-order valence-corrected chi connectivity index (χ4v) is 2.02. The maximum atomic E-state index is 13.1. The van der Waals surface area contributed by atoms with Gasteiger partial charge in [-0.25, -0.2) is 4.39 Å². The maximum Gasteiger partial charge on any atom is 0.123 e. The highest BCUT2D eigenvalue weighted by molar-refractivity contribution is 9.10. The molecule has 0 bridgehead atoms. The molecular formula is C12H15BrFN. The van der Waals surface area contributed by atoms with Gasteiger partial charge >= 0.3 is 0 Å². The molecule has 82 valence electrons. The second-order valence-corrected chi connectivity index (χ2v) is 4.52. The van der Waals surface area contributed by atoms with Crippen LogP contribution in [0.3, 0.4) is 0 Å². The zero-order valence-corrected chi connectivity index (χ0v) is 10.6. The van der Waals surface area contributed by atoms with E-state index in [1.165, 1.54) is 6.07 Å². The number of hydrogen-bond donors (Lipinski definition) is 1. The SMILES string of the molecule is C=C(C)CC(NC)c1cc(F)ccc1Br. The Hall–Kier alpha value is -0.670. The molecule has 0 aromatic heterocycles. The topological polar surface area (TPSA) is 12.0 Å². The van der Waals surface area contributed by atoms with Gasteiger partial charge in [-0.2, -0.15) is 0 Å². The van der Waals surface area contributed by atoms with Gasteiger partial charge in [-0.05, 0) is 44.2 Å². The maximum absolute atomic E-state index is 13.1. The normalized spacial score (nSPS) is 12.5. The van der Waals surface area contributed by atoms with E-state index in [9.17, 15) is 4.39 Å². The van der Waals surface area contributed by atoms with Crippen LogP contribution in [0.2, 0.25) is 0 Å². The summed E-state index contributed by atoms with van der Waals surface area (Å²) in [5, 5.41) is 3.16. The first kappa shape index (κ1) is 12.4. The average molecular weight is 272 g/mol. The summed E-state index contributed by atoms with van der Waals surface area (Å²) in [6.07, 6.45) is 0.804. The van der Waals surface area contributed by atoms with Crippen LogP contribution in [0.5, 0.6) is 0 Å². The molecule has 1 rings (SSSR count). The van der Waals surface area contributed by atoms with Gasteiger partial charge in [0, 0.05) is 10.5 Å². The van der Waals surface area contributed by atoms with Gasteiger partial charge in [0.2, 0.25) is 0 Å². The van der Waals surface area contributed by atoms with E-state index >= 15 is 0 Å². The van der Waals surface area contributed by atoms with Crippen molar-refractivity contribution in [3.8, 4) is 0 Å². The lowest BCUT2D eigenvalue weighted by Crippen LogP contribution is -2.17. The lowest BCUT2D eigenvalue weighted by molar-refractivity contribution is 0.573. The standard InChI is InChI=1S/C12H15BrFN/c1-8(2)6-12(15-3)10-7-9(14)4-5-11(10)13/h4-5,7,12,15H,1,6H2,2-3H3. The monoisotopic (exact) mass is 271 g/mol. The average Bonchev–Trinajstić information content (AvgIpc) is 2.18. The Balaban J connectivity index is 3.00. The third kappa shape index (κ3) is 3.43. The van der Waals surface area contributed by atoms with Gasteiger partial charge in [0.1, 0.15) is 5.82 Å². The molecule has 1 aromatic rings. The summed E-state index contributed by atoms with van der Waals surface area (Å²) in [6, 6.07) is 4.83. The van der Waals surface area contributed by atoms with Crippen LogP contribution in [-0.2, 0) is 0 Å². The third-order valence-electron chi connectivity index (χ3n) is 2.23. The zero-order chi connectivity index (χ0) is 11.4. The molecule has 0 saturated heterocycles. The van der Waals surface area contributed by atoms with Crippen LogP contribution in [0, 0.1) is 5.82 Å². The lowest BCUT2D eigenvalue weighted by atomic mass is 10.0. The first-order valence-electron chi connectivity index (χ1n) is 4.81. The molecule has 1 aromatic carbocycles. The predicted octanol–water partition coefficient (Wildman–Crippen LogP) is 3.81. The lowest BCUT2D eigenvalue weighted by Gasteiger charge is -2.18. The van der Waals surface area contributed by atoms with E-state index in [4.69, 9.17) is 0 Å². The summed E-state index contributed by atoms with van der Waals surface area (Å²) in [5.74, 6) is -0.213. The first-order valence-corrected chi connectivity index (χ1v) is 5.60. The van der Waals surface area contributed by atoms with E-state index in [2.05, 4.69) is 27.8 Å². The highest BCUT2D eigenvalue weighted by atomic mass is 79.9. The Labute approximate surface area is 98.5 Å². The van der Waals surface area contributed by atoms with E-state index in [0.717, 1.165) is 22.0 Å². The van der Waals surface area contributed by atoms with Crippen molar-refractivity contribution in [3.63, 3.8) is 0 Å². The molecule has 0 spiro atoms. The van der Waals surface area contributed by atoms with E-state index < -0.39 is 0 Å². The van der Waals surface area contributed by atoms with Crippen molar-refractivity contribution in [1.82, 2.24) is 5.32 Å². The molecule has 3 heteroatoms. The Kier molecular flexibility index (Phi) is 4.48. The summed E-state index contributed by atoms with van der Waals surface area (Å²) in [7, 11) is 1.87. The fourth-order valence-electron chi connectivity index (χ4n) is 1.50. The summed E-state index contributed by atoms with van der Waals surface area (Å²) in [4.78, 5) is 0. The van der Waals surface area contributed by atoms with Gasteiger partial charge in [-0.3, -0.25) is 0 Å². The van der Waals surface area contributed by atoms with Gasteiger partial charge in [-0.15, -0.1) is 6.58 Å². The van der Waals surface area contributed by atoms with Crippen LogP contribution >= 0.6 is 15.9 Å². The molecular weight excluding hydrogens is 257 g/mol. The molecule has 15 heavy (non-hydrogen) atoms. The van der Waals surface area contributed by atoms with Crippen molar-refractivity contribution in [2.45, 2.75) is 19.4 Å². The van der Waals surface area contributed by atoms with Gasteiger partial charge in [-0.1, -0.05) is 21.5 Å². The largest absolute Gasteiger partial charge is 0.313 e. The minimum atomic E-state index is -0.213. The number of hydrogen-bond acceptors (Lipinski definition) is 1. The predicted molar refractivity (Wildman–Crippen MR) is 65.3 cm³/mol.